The highest BCUT2D eigenvalue weighted by Gasteiger charge is 2.38. The van der Waals surface area contributed by atoms with Crippen LogP contribution in [0.5, 0.6) is 0 Å². The SMILES string of the molecule is COC(=O)CCCC[C@H](NC(=O)OC(C)(C)C)C(=O)Nc1cccn(CC(=O)NC2C(C)CC3CCCC2C3)c1=O. The van der Waals surface area contributed by atoms with Crippen LogP contribution in [-0.2, 0) is 30.4 Å². The first kappa shape index (κ1) is 32.1. The van der Waals surface area contributed by atoms with Crippen LogP contribution in [0.2, 0.25) is 0 Å². The molecule has 2 bridgehead atoms. The number of methoxy groups -OCH3 is 1. The third-order valence-electron chi connectivity index (χ3n) is 7.93. The molecule has 4 unspecified atom stereocenters. The molecule has 0 aromatic carbocycles. The summed E-state index contributed by atoms with van der Waals surface area (Å²) >= 11 is 0. The van der Waals surface area contributed by atoms with E-state index >= 15 is 0 Å². The fourth-order valence-electron chi connectivity index (χ4n) is 6.07. The molecular weight excluding hydrogens is 528 g/mol. The minimum atomic E-state index is -1.01. The summed E-state index contributed by atoms with van der Waals surface area (Å²) in [7, 11) is 1.31. The number of hydrogen-bond donors (Lipinski definition) is 3. The van der Waals surface area contributed by atoms with E-state index in [1.165, 1.54) is 36.8 Å². The molecule has 2 saturated carbocycles. The molecule has 0 radical (unpaired) electrons. The van der Waals surface area contributed by atoms with Gasteiger partial charge in [-0.15, -0.1) is 0 Å². The summed E-state index contributed by atoms with van der Waals surface area (Å²) in [5, 5.41) is 8.35. The number of pyridine rings is 1. The molecule has 2 aliphatic rings. The van der Waals surface area contributed by atoms with E-state index in [4.69, 9.17) is 4.74 Å². The molecule has 41 heavy (non-hydrogen) atoms. The van der Waals surface area contributed by atoms with Gasteiger partial charge in [0.25, 0.3) is 5.56 Å². The minimum Gasteiger partial charge on any atom is -0.469 e. The Balaban J connectivity index is 1.64. The number of fused-ring (bicyclic) bond motifs is 2. The minimum absolute atomic E-state index is 0.00277. The van der Waals surface area contributed by atoms with E-state index in [0.29, 0.717) is 24.7 Å². The molecule has 2 aliphatic carbocycles. The predicted octanol–water partition coefficient (Wildman–Crippen LogP) is 3.74. The first-order valence-corrected chi connectivity index (χ1v) is 14.7. The van der Waals surface area contributed by atoms with Crippen molar-refractivity contribution in [2.24, 2.45) is 17.8 Å². The van der Waals surface area contributed by atoms with Crippen molar-refractivity contribution >= 4 is 29.6 Å². The van der Waals surface area contributed by atoms with Gasteiger partial charge in [0.05, 0.1) is 7.11 Å². The lowest BCUT2D eigenvalue weighted by Gasteiger charge is -2.44. The molecule has 0 saturated heterocycles. The molecule has 11 heteroatoms. The Labute approximate surface area is 242 Å². The van der Waals surface area contributed by atoms with Crippen molar-refractivity contribution in [2.75, 3.05) is 12.4 Å². The maximum atomic E-state index is 13.2. The summed E-state index contributed by atoms with van der Waals surface area (Å²) in [6, 6.07) is 2.15. The number of rotatable bonds is 11. The van der Waals surface area contributed by atoms with Crippen molar-refractivity contribution in [3.8, 4) is 0 Å². The highest BCUT2D eigenvalue weighted by Crippen LogP contribution is 2.42. The van der Waals surface area contributed by atoms with Gasteiger partial charge in [0.1, 0.15) is 23.9 Å². The second-order valence-corrected chi connectivity index (χ2v) is 12.5. The summed E-state index contributed by atoms with van der Waals surface area (Å²) < 4.78 is 11.2. The largest absolute Gasteiger partial charge is 0.469 e. The topological polar surface area (TPSA) is 145 Å². The molecule has 1 heterocycles. The second kappa shape index (κ2) is 14.5. The van der Waals surface area contributed by atoms with Crippen molar-refractivity contribution < 1.29 is 28.7 Å². The molecule has 11 nitrogen and oxygen atoms in total. The molecular formula is C30H46N4O7. The van der Waals surface area contributed by atoms with Gasteiger partial charge in [0.2, 0.25) is 11.8 Å². The zero-order chi connectivity index (χ0) is 30.2. The van der Waals surface area contributed by atoms with Crippen molar-refractivity contribution in [1.29, 1.82) is 0 Å². The monoisotopic (exact) mass is 574 g/mol. The Hall–Kier alpha value is -3.37. The Bertz CT molecular complexity index is 1140. The van der Waals surface area contributed by atoms with Crippen LogP contribution in [0.25, 0.3) is 0 Å². The quantitative estimate of drug-likeness (QED) is 0.270. The van der Waals surface area contributed by atoms with Gasteiger partial charge in [-0.25, -0.2) is 4.79 Å². The van der Waals surface area contributed by atoms with Crippen LogP contribution >= 0.6 is 0 Å². The van der Waals surface area contributed by atoms with Gasteiger partial charge in [-0.2, -0.15) is 0 Å². The van der Waals surface area contributed by atoms with Crippen LogP contribution < -0.4 is 21.5 Å². The molecule has 3 amide bonds. The maximum Gasteiger partial charge on any atom is 0.408 e. The third-order valence-corrected chi connectivity index (χ3v) is 7.93. The molecule has 3 rings (SSSR count). The van der Waals surface area contributed by atoms with Gasteiger partial charge in [-0.1, -0.05) is 26.2 Å². The van der Waals surface area contributed by atoms with Crippen LogP contribution in [0.1, 0.15) is 85.5 Å². The van der Waals surface area contributed by atoms with Gasteiger partial charge in [-0.3, -0.25) is 19.2 Å². The van der Waals surface area contributed by atoms with Gasteiger partial charge in [-0.05, 0) is 82.8 Å². The summed E-state index contributed by atoms with van der Waals surface area (Å²) in [4.78, 5) is 63.2. The summed E-state index contributed by atoms with van der Waals surface area (Å²) in [6.07, 6.45) is 7.91. The van der Waals surface area contributed by atoms with Crippen LogP contribution in [0.15, 0.2) is 23.1 Å². The number of hydrogen-bond acceptors (Lipinski definition) is 7. The fourth-order valence-corrected chi connectivity index (χ4v) is 6.07. The molecule has 1 aromatic heterocycles. The van der Waals surface area contributed by atoms with E-state index in [0.717, 1.165) is 25.2 Å². The lowest BCUT2D eigenvalue weighted by atomic mass is 9.65. The number of anilines is 1. The van der Waals surface area contributed by atoms with E-state index in [1.807, 2.05) is 0 Å². The number of aromatic nitrogens is 1. The zero-order valence-electron chi connectivity index (χ0n) is 25.0. The van der Waals surface area contributed by atoms with Crippen molar-refractivity contribution in [3.05, 3.63) is 28.7 Å². The van der Waals surface area contributed by atoms with Crippen molar-refractivity contribution in [1.82, 2.24) is 15.2 Å². The van der Waals surface area contributed by atoms with Crippen LogP contribution in [0.3, 0.4) is 0 Å². The first-order chi connectivity index (χ1) is 19.4. The molecule has 228 valence electrons. The number of alkyl carbamates (subject to hydrolysis) is 1. The Morgan fingerprint density at radius 1 is 1.12 bits per heavy atom. The number of amides is 3. The number of esters is 1. The van der Waals surface area contributed by atoms with E-state index in [1.54, 1.807) is 26.8 Å². The number of unbranched alkanes of at least 4 members (excludes halogenated alkanes) is 1. The van der Waals surface area contributed by atoms with E-state index in [2.05, 4.69) is 27.6 Å². The van der Waals surface area contributed by atoms with Gasteiger partial charge >= 0.3 is 12.1 Å². The fraction of sp³-hybridized carbons (Fsp3) is 0.700. The average Bonchev–Trinajstić information content (AvgIpc) is 2.89. The highest BCUT2D eigenvalue weighted by atomic mass is 16.6. The summed E-state index contributed by atoms with van der Waals surface area (Å²) in [5.74, 6) is 0.433. The van der Waals surface area contributed by atoms with Gasteiger partial charge in [0, 0.05) is 18.7 Å². The third kappa shape index (κ3) is 9.89. The van der Waals surface area contributed by atoms with E-state index in [-0.39, 0.29) is 43.0 Å². The number of carbonyl (C=O) groups excluding carboxylic acids is 4. The van der Waals surface area contributed by atoms with Crippen molar-refractivity contribution in [2.45, 2.75) is 110 Å². The second-order valence-electron chi connectivity index (χ2n) is 12.5. The van der Waals surface area contributed by atoms with E-state index in [9.17, 15) is 24.0 Å². The van der Waals surface area contributed by atoms with Crippen LogP contribution in [0.4, 0.5) is 10.5 Å². The van der Waals surface area contributed by atoms with Gasteiger partial charge in [0.15, 0.2) is 0 Å². The normalized spacial score (nSPS) is 22.7. The van der Waals surface area contributed by atoms with Crippen LogP contribution in [0, 0.1) is 17.8 Å². The molecule has 0 spiro atoms. The molecule has 3 N–H and O–H groups in total. The molecule has 2 fully saturated rings. The molecule has 1 aromatic rings. The number of ether oxygens (including phenoxy) is 2. The van der Waals surface area contributed by atoms with Crippen LogP contribution in [-0.4, -0.2) is 53.2 Å². The first-order valence-electron chi connectivity index (χ1n) is 14.7. The molecule has 0 aliphatic heterocycles. The Morgan fingerprint density at radius 3 is 2.59 bits per heavy atom. The average molecular weight is 575 g/mol. The smallest absolute Gasteiger partial charge is 0.408 e. The Morgan fingerprint density at radius 2 is 1.88 bits per heavy atom. The number of nitrogens with one attached hydrogen (secondary N) is 3. The standard InChI is InChI=1S/C30H46N4O7/c1-19-16-20-10-8-11-21(17-20)26(19)33-24(35)18-34-15-9-13-23(28(34)38)31-27(37)22(12-6-7-14-25(36)40-5)32-29(39)41-30(2,3)4/h9,13,15,19-22,26H,6-8,10-12,14,16-18H2,1-5H3,(H,31,37)(H,32,39)(H,33,35)/t19?,20?,21?,22-,26?/m0/s1. The molecule has 5 atom stereocenters. The van der Waals surface area contributed by atoms with Crippen molar-refractivity contribution in [3.63, 3.8) is 0 Å². The Kier molecular flexibility index (Phi) is 11.4. The zero-order valence-corrected chi connectivity index (χ0v) is 25.0. The summed E-state index contributed by atoms with van der Waals surface area (Å²) in [6.45, 7) is 7.16. The van der Waals surface area contributed by atoms with Gasteiger partial charge < -0.3 is 30.0 Å². The number of carbonyl (C=O) groups is 4. The highest BCUT2D eigenvalue weighted by molar-refractivity contribution is 5.96. The lowest BCUT2D eigenvalue weighted by Crippen LogP contribution is -2.50. The number of nitrogens with zero attached hydrogens (tertiary/aromatic N) is 1. The van der Waals surface area contributed by atoms with E-state index < -0.39 is 29.2 Å². The maximum absolute atomic E-state index is 13.2. The lowest BCUT2D eigenvalue weighted by molar-refractivity contribution is -0.140. The summed E-state index contributed by atoms with van der Waals surface area (Å²) in [5.41, 5.74) is -1.29. The predicted molar refractivity (Wildman–Crippen MR) is 154 cm³/mol.